The molecule has 0 aliphatic carbocycles. The number of hydrogen-bond acceptors (Lipinski definition) is 7. The van der Waals surface area contributed by atoms with Gasteiger partial charge < -0.3 is 23.7 Å². The number of fused-ring (bicyclic) bond motifs is 1. The highest BCUT2D eigenvalue weighted by Gasteiger charge is 2.27. The molecule has 2 aromatic heterocycles. The molecule has 1 amide bonds. The Hall–Kier alpha value is -4.14. The zero-order valence-corrected chi connectivity index (χ0v) is 19.7. The summed E-state index contributed by atoms with van der Waals surface area (Å²) in [6.45, 7) is 2.84. The summed E-state index contributed by atoms with van der Waals surface area (Å²) in [5.74, 6) is -0.0490. The zero-order valence-electron chi connectivity index (χ0n) is 19.7. The van der Waals surface area contributed by atoms with Crippen LogP contribution < -0.4 is 15.0 Å². The lowest BCUT2D eigenvalue weighted by molar-refractivity contribution is -0.133. The SMILES string of the molecule is COC(=O)c1c(OCc2ccccn2)cc(=O)n2c1CCN(C(=O)COc1ccc(C)cc1)CC2. The third-order valence-corrected chi connectivity index (χ3v) is 5.82. The molecule has 3 heterocycles. The van der Waals surface area contributed by atoms with Crippen molar-refractivity contribution in [1.82, 2.24) is 14.5 Å². The van der Waals surface area contributed by atoms with Crippen LogP contribution in [0.25, 0.3) is 0 Å². The van der Waals surface area contributed by atoms with Crippen molar-refractivity contribution >= 4 is 11.9 Å². The molecular formula is C26H27N3O6. The van der Waals surface area contributed by atoms with Crippen LogP contribution in [0.15, 0.2) is 59.5 Å². The van der Waals surface area contributed by atoms with Gasteiger partial charge in [-0.05, 0) is 31.2 Å². The lowest BCUT2D eigenvalue weighted by Gasteiger charge is -2.20. The van der Waals surface area contributed by atoms with Gasteiger partial charge in [0.15, 0.2) is 6.61 Å². The average Bonchev–Trinajstić information content (AvgIpc) is 3.11. The number of methoxy groups -OCH3 is 1. The fourth-order valence-electron chi connectivity index (χ4n) is 3.94. The maximum absolute atomic E-state index is 12.9. The molecule has 0 spiro atoms. The van der Waals surface area contributed by atoms with E-state index in [1.165, 1.54) is 17.7 Å². The number of amides is 1. The smallest absolute Gasteiger partial charge is 0.343 e. The Morgan fingerprint density at radius 3 is 2.54 bits per heavy atom. The second-order valence-electron chi connectivity index (χ2n) is 8.15. The van der Waals surface area contributed by atoms with E-state index in [0.717, 1.165) is 5.56 Å². The standard InChI is InChI=1S/C26H27N3O6/c1-18-6-8-20(9-7-18)34-17-24(31)28-12-10-21-25(26(32)33-2)22(15-23(30)29(21)14-13-28)35-16-19-5-3-4-11-27-19/h3-9,11,15H,10,12-14,16-17H2,1-2H3. The minimum atomic E-state index is -0.604. The van der Waals surface area contributed by atoms with Crippen LogP contribution >= 0.6 is 0 Å². The zero-order chi connectivity index (χ0) is 24.8. The Morgan fingerprint density at radius 2 is 1.83 bits per heavy atom. The third-order valence-electron chi connectivity index (χ3n) is 5.82. The van der Waals surface area contributed by atoms with Gasteiger partial charge in [-0.3, -0.25) is 14.6 Å². The first-order chi connectivity index (χ1) is 17.0. The van der Waals surface area contributed by atoms with E-state index < -0.39 is 5.97 Å². The van der Waals surface area contributed by atoms with Gasteiger partial charge in [0, 0.05) is 44.0 Å². The van der Waals surface area contributed by atoms with Crippen LogP contribution in [-0.4, -0.2) is 53.1 Å². The fourth-order valence-corrected chi connectivity index (χ4v) is 3.94. The molecule has 0 fully saturated rings. The van der Waals surface area contributed by atoms with E-state index in [4.69, 9.17) is 14.2 Å². The molecule has 1 aromatic carbocycles. The summed E-state index contributed by atoms with van der Waals surface area (Å²) in [6, 6.07) is 14.1. The first-order valence-electron chi connectivity index (χ1n) is 11.3. The van der Waals surface area contributed by atoms with Crippen molar-refractivity contribution in [1.29, 1.82) is 0 Å². The molecule has 0 unspecified atom stereocenters. The number of aromatic nitrogens is 2. The normalized spacial score (nSPS) is 12.9. The highest BCUT2D eigenvalue weighted by atomic mass is 16.5. The van der Waals surface area contributed by atoms with E-state index in [-0.39, 0.29) is 49.0 Å². The molecule has 3 aromatic rings. The summed E-state index contributed by atoms with van der Waals surface area (Å²) < 4.78 is 18.0. The van der Waals surface area contributed by atoms with Crippen LogP contribution in [0.5, 0.6) is 11.5 Å². The molecule has 0 N–H and O–H groups in total. The van der Waals surface area contributed by atoms with Crippen LogP contribution in [0.1, 0.15) is 27.3 Å². The summed E-state index contributed by atoms with van der Waals surface area (Å²) in [5.41, 5.74) is 2.12. The predicted molar refractivity (Wildman–Crippen MR) is 128 cm³/mol. The van der Waals surface area contributed by atoms with Gasteiger partial charge in [0.25, 0.3) is 11.5 Å². The van der Waals surface area contributed by atoms with E-state index in [9.17, 15) is 14.4 Å². The Labute approximate surface area is 202 Å². The molecule has 1 aliphatic heterocycles. The predicted octanol–water partition coefficient (Wildman–Crippen LogP) is 2.38. The molecule has 4 rings (SSSR count). The number of hydrogen-bond donors (Lipinski definition) is 0. The second-order valence-corrected chi connectivity index (χ2v) is 8.15. The molecule has 0 atom stereocenters. The van der Waals surface area contributed by atoms with Crippen molar-refractivity contribution < 1.29 is 23.8 Å². The maximum atomic E-state index is 12.9. The molecule has 9 nitrogen and oxygen atoms in total. The van der Waals surface area contributed by atoms with Crippen molar-refractivity contribution in [2.24, 2.45) is 0 Å². The molecular weight excluding hydrogens is 450 g/mol. The van der Waals surface area contributed by atoms with Gasteiger partial charge in [-0.1, -0.05) is 23.8 Å². The van der Waals surface area contributed by atoms with Crippen LogP contribution in [-0.2, 0) is 29.1 Å². The minimum Gasteiger partial charge on any atom is -0.486 e. The Bertz CT molecular complexity index is 1250. The molecule has 35 heavy (non-hydrogen) atoms. The van der Waals surface area contributed by atoms with Gasteiger partial charge in [-0.25, -0.2) is 4.79 Å². The number of aryl methyl sites for hydroxylation is 1. The van der Waals surface area contributed by atoms with Crippen molar-refractivity contribution in [2.75, 3.05) is 26.8 Å². The molecule has 0 saturated carbocycles. The first kappa shape index (κ1) is 24.0. The molecule has 182 valence electrons. The van der Waals surface area contributed by atoms with Gasteiger partial charge in [-0.15, -0.1) is 0 Å². The second kappa shape index (κ2) is 10.9. The van der Waals surface area contributed by atoms with Crippen LogP contribution in [0.4, 0.5) is 0 Å². The largest absolute Gasteiger partial charge is 0.486 e. The summed E-state index contributed by atoms with van der Waals surface area (Å²) in [7, 11) is 1.28. The van der Waals surface area contributed by atoms with Crippen LogP contribution in [0.2, 0.25) is 0 Å². The van der Waals surface area contributed by atoms with Crippen molar-refractivity contribution in [3.8, 4) is 11.5 Å². The number of carbonyl (C=O) groups is 2. The third kappa shape index (κ3) is 5.68. The molecule has 0 bridgehead atoms. The average molecular weight is 478 g/mol. The van der Waals surface area contributed by atoms with E-state index in [0.29, 0.717) is 30.2 Å². The van der Waals surface area contributed by atoms with E-state index in [2.05, 4.69) is 4.98 Å². The lowest BCUT2D eigenvalue weighted by atomic mass is 10.1. The maximum Gasteiger partial charge on any atom is 0.343 e. The monoisotopic (exact) mass is 477 g/mol. The van der Waals surface area contributed by atoms with E-state index >= 15 is 0 Å². The number of rotatable bonds is 7. The summed E-state index contributed by atoms with van der Waals surface area (Å²) in [4.78, 5) is 44.3. The molecule has 9 heteroatoms. The van der Waals surface area contributed by atoms with Crippen molar-refractivity contribution in [2.45, 2.75) is 26.5 Å². The first-order valence-corrected chi connectivity index (χ1v) is 11.3. The Morgan fingerprint density at radius 1 is 1.03 bits per heavy atom. The van der Waals surface area contributed by atoms with Gasteiger partial charge >= 0.3 is 5.97 Å². The van der Waals surface area contributed by atoms with Crippen molar-refractivity contribution in [3.63, 3.8) is 0 Å². The van der Waals surface area contributed by atoms with E-state index in [1.54, 1.807) is 23.2 Å². The number of benzene rings is 1. The molecule has 0 radical (unpaired) electrons. The number of nitrogens with zero attached hydrogens (tertiary/aromatic N) is 3. The van der Waals surface area contributed by atoms with Crippen LogP contribution in [0, 0.1) is 6.92 Å². The Balaban J connectivity index is 1.52. The number of esters is 1. The van der Waals surface area contributed by atoms with Crippen molar-refractivity contribution in [3.05, 3.63) is 87.6 Å². The Kier molecular flexibility index (Phi) is 7.45. The number of ether oxygens (including phenoxy) is 3. The molecule has 1 aliphatic rings. The summed E-state index contributed by atoms with van der Waals surface area (Å²) >= 11 is 0. The van der Waals surface area contributed by atoms with Crippen LogP contribution in [0.3, 0.4) is 0 Å². The number of pyridine rings is 2. The highest BCUT2D eigenvalue weighted by Crippen LogP contribution is 2.25. The summed E-state index contributed by atoms with van der Waals surface area (Å²) in [5, 5.41) is 0. The molecule has 0 saturated heterocycles. The van der Waals surface area contributed by atoms with E-state index in [1.807, 2.05) is 37.3 Å². The van der Waals surface area contributed by atoms with Gasteiger partial charge in [-0.2, -0.15) is 0 Å². The lowest BCUT2D eigenvalue weighted by Crippen LogP contribution is -2.37. The van der Waals surface area contributed by atoms with Gasteiger partial charge in [0.05, 0.1) is 12.8 Å². The van der Waals surface area contributed by atoms with Gasteiger partial charge in [0.2, 0.25) is 0 Å². The number of carbonyl (C=O) groups excluding carboxylic acids is 2. The topological polar surface area (TPSA) is 100.0 Å². The summed E-state index contributed by atoms with van der Waals surface area (Å²) in [6.07, 6.45) is 1.93. The quantitative estimate of drug-likeness (QED) is 0.482. The highest BCUT2D eigenvalue weighted by molar-refractivity contribution is 5.93. The van der Waals surface area contributed by atoms with Gasteiger partial charge in [0.1, 0.15) is 23.7 Å². The fraction of sp³-hybridized carbons (Fsp3) is 0.308. The minimum absolute atomic E-state index is 0.0920.